The van der Waals surface area contributed by atoms with E-state index in [9.17, 15) is 19.2 Å². The summed E-state index contributed by atoms with van der Waals surface area (Å²) in [6.07, 6.45) is 5.12. The molecule has 2 aromatic carbocycles. The minimum Gasteiger partial charge on any atom is -0.292 e. The van der Waals surface area contributed by atoms with E-state index in [0.717, 1.165) is 16.4 Å². The molecule has 0 N–H and O–H groups in total. The number of rotatable bonds is 5. The zero-order chi connectivity index (χ0) is 24.6. The molecule has 2 saturated carbocycles. The highest BCUT2D eigenvalue weighted by Gasteiger charge is 2.68. The SMILES string of the molecule is O=C(CN(C(=O)c1ccccc1Cl)N1C(=O)[C@@H]2[C@H]3C=C[C@@H]([C@@H]4C[C@@H]34)[C@H]2C1=O)c1ccc(Cl)cc1Cl. The van der Waals surface area contributed by atoms with E-state index in [2.05, 4.69) is 0 Å². The number of hydrogen-bond acceptors (Lipinski definition) is 4. The first-order valence-corrected chi connectivity index (χ1v) is 12.5. The second-order valence-electron chi connectivity index (χ2n) is 9.53. The summed E-state index contributed by atoms with van der Waals surface area (Å²) in [5.41, 5.74) is 0.219. The summed E-state index contributed by atoms with van der Waals surface area (Å²) < 4.78 is 0. The summed E-state index contributed by atoms with van der Waals surface area (Å²) in [5.74, 6) is -2.39. The lowest BCUT2D eigenvalue weighted by Crippen LogP contribution is -2.52. The van der Waals surface area contributed by atoms with Crippen molar-refractivity contribution >= 4 is 58.3 Å². The Bertz CT molecular complexity index is 1310. The molecule has 1 saturated heterocycles. The maximum absolute atomic E-state index is 13.7. The molecular weight excluding hydrogens is 511 g/mol. The van der Waals surface area contributed by atoms with Crippen LogP contribution in [0.4, 0.5) is 0 Å². The number of carbonyl (C=O) groups excluding carboxylic acids is 4. The van der Waals surface area contributed by atoms with Gasteiger partial charge in [0.15, 0.2) is 5.78 Å². The second kappa shape index (κ2) is 8.19. The van der Waals surface area contributed by atoms with Crippen LogP contribution in [0.1, 0.15) is 27.1 Å². The van der Waals surface area contributed by atoms with Gasteiger partial charge in [-0.3, -0.25) is 19.2 Å². The van der Waals surface area contributed by atoms with Crippen LogP contribution >= 0.6 is 34.8 Å². The molecule has 35 heavy (non-hydrogen) atoms. The van der Waals surface area contributed by atoms with Crippen LogP contribution in [0.15, 0.2) is 54.6 Å². The topological polar surface area (TPSA) is 74.8 Å². The monoisotopic (exact) mass is 528 g/mol. The van der Waals surface area contributed by atoms with Crippen molar-refractivity contribution in [3.63, 3.8) is 0 Å². The maximum Gasteiger partial charge on any atom is 0.274 e. The smallest absolute Gasteiger partial charge is 0.274 e. The molecule has 1 heterocycles. The van der Waals surface area contributed by atoms with E-state index in [1.807, 2.05) is 12.2 Å². The largest absolute Gasteiger partial charge is 0.292 e. The van der Waals surface area contributed by atoms with E-state index in [0.29, 0.717) is 16.9 Å². The second-order valence-corrected chi connectivity index (χ2v) is 10.8. The average Bonchev–Trinajstić information content (AvgIpc) is 3.61. The number of hydrogen-bond donors (Lipinski definition) is 0. The molecule has 2 aromatic rings. The lowest BCUT2D eigenvalue weighted by Gasteiger charge is -2.37. The molecule has 2 bridgehead atoms. The Morgan fingerprint density at radius 1 is 0.857 bits per heavy atom. The van der Waals surface area contributed by atoms with Gasteiger partial charge in [0.05, 0.1) is 27.4 Å². The van der Waals surface area contributed by atoms with Crippen LogP contribution in [0.5, 0.6) is 0 Å². The van der Waals surface area contributed by atoms with Crippen LogP contribution in [0.2, 0.25) is 15.1 Å². The van der Waals surface area contributed by atoms with Crippen molar-refractivity contribution in [3.8, 4) is 0 Å². The molecule has 0 radical (unpaired) electrons. The number of amides is 3. The zero-order valence-electron chi connectivity index (χ0n) is 18.2. The molecular formula is C26H19Cl3N2O4. The third-order valence-corrected chi connectivity index (χ3v) is 8.62. The first kappa shape index (κ1) is 22.8. The molecule has 4 aliphatic carbocycles. The molecule has 3 fully saturated rings. The third-order valence-electron chi connectivity index (χ3n) is 7.74. The number of Topliss-reactive ketones (excluding diaryl/α,β-unsaturated/α-hetero) is 1. The number of imide groups is 1. The number of hydrazine groups is 1. The van der Waals surface area contributed by atoms with Crippen molar-refractivity contribution in [2.45, 2.75) is 6.42 Å². The van der Waals surface area contributed by atoms with Crippen molar-refractivity contribution in [3.05, 3.63) is 80.8 Å². The van der Waals surface area contributed by atoms with E-state index in [1.54, 1.807) is 12.1 Å². The highest BCUT2D eigenvalue weighted by molar-refractivity contribution is 6.37. The van der Waals surface area contributed by atoms with E-state index in [-0.39, 0.29) is 33.0 Å². The van der Waals surface area contributed by atoms with Gasteiger partial charge in [-0.1, -0.05) is 59.1 Å². The standard InChI is InChI=1S/C26H19Cl3N2O4/c27-12-5-6-15(20(29)9-12)21(32)11-30(24(33)16-3-1-2-4-19(16)28)31-25(34)22-13-7-8-14(18-10-17(13)18)23(22)26(31)35/h1-9,13-14,17-18,22-23H,10-11H2/t13-,14-,17-,18-,22+,23+/m0/s1. The lowest BCUT2D eigenvalue weighted by atomic mass is 9.63. The number of ketones is 1. The van der Waals surface area contributed by atoms with Crippen LogP contribution in [0.3, 0.4) is 0 Å². The summed E-state index contributed by atoms with van der Waals surface area (Å²) in [5, 5.41) is 2.44. The first-order valence-electron chi connectivity index (χ1n) is 11.4. The fourth-order valence-corrected chi connectivity index (χ4v) is 6.85. The van der Waals surface area contributed by atoms with Gasteiger partial charge < -0.3 is 0 Å². The van der Waals surface area contributed by atoms with Crippen LogP contribution in [0, 0.1) is 35.5 Å². The Kier molecular flexibility index (Phi) is 5.33. The molecule has 6 atom stereocenters. The van der Waals surface area contributed by atoms with E-state index in [1.165, 1.54) is 30.3 Å². The zero-order valence-corrected chi connectivity index (χ0v) is 20.5. The maximum atomic E-state index is 13.7. The van der Waals surface area contributed by atoms with Crippen LogP contribution < -0.4 is 0 Å². The van der Waals surface area contributed by atoms with Crippen molar-refractivity contribution in [1.82, 2.24) is 10.0 Å². The molecule has 178 valence electrons. The van der Waals surface area contributed by atoms with Gasteiger partial charge in [0.1, 0.15) is 6.54 Å². The third kappa shape index (κ3) is 3.45. The Balaban J connectivity index is 1.39. The molecule has 1 aliphatic heterocycles. The van der Waals surface area contributed by atoms with Crippen molar-refractivity contribution in [2.24, 2.45) is 35.5 Å². The number of benzene rings is 2. The minimum absolute atomic E-state index is 0.0184. The van der Waals surface area contributed by atoms with Crippen LogP contribution in [0.25, 0.3) is 0 Å². The van der Waals surface area contributed by atoms with Crippen molar-refractivity contribution < 1.29 is 19.2 Å². The fourth-order valence-electron chi connectivity index (χ4n) is 6.12. The minimum atomic E-state index is -0.708. The lowest BCUT2D eigenvalue weighted by molar-refractivity contribution is -0.154. The van der Waals surface area contributed by atoms with Crippen LogP contribution in [-0.4, -0.2) is 40.1 Å². The quantitative estimate of drug-likeness (QED) is 0.312. The first-order chi connectivity index (χ1) is 16.8. The normalized spacial score (nSPS) is 29.7. The van der Waals surface area contributed by atoms with Gasteiger partial charge in [0.25, 0.3) is 17.7 Å². The van der Waals surface area contributed by atoms with E-state index < -0.39 is 41.9 Å². The molecule has 9 heteroatoms. The van der Waals surface area contributed by atoms with E-state index in [4.69, 9.17) is 34.8 Å². The van der Waals surface area contributed by atoms with Gasteiger partial charge in [-0.15, -0.1) is 0 Å². The number of carbonyl (C=O) groups is 4. The highest BCUT2D eigenvalue weighted by Crippen LogP contribution is 2.65. The molecule has 6 nitrogen and oxygen atoms in total. The molecule has 3 amide bonds. The van der Waals surface area contributed by atoms with Gasteiger partial charge in [-0.2, -0.15) is 5.01 Å². The summed E-state index contributed by atoms with van der Waals surface area (Å²) in [6.45, 7) is -0.558. The van der Waals surface area contributed by atoms with Crippen molar-refractivity contribution in [1.29, 1.82) is 0 Å². The Morgan fingerprint density at radius 2 is 1.49 bits per heavy atom. The summed E-state index contributed by atoms with van der Waals surface area (Å²) >= 11 is 18.5. The fraction of sp³-hybridized carbons (Fsp3) is 0.308. The summed E-state index contributed by atoms with van der Waals surface area (Å²) in [7, 11) is 0. The van der Waals surface area contributed by atoms with Gasteiger partial charge in [0.2, 0.25) is 0 Å². The number of allylic oxidation sites excluding steroid dienone is 2. The molecule has 5 aliphatic rings. The molecule has 0 spiro atoms. The Morgan fingerprint density at radius 3 is 2.09 bits per heavy atom. The summed E-state index contributed by atoms with van der Waals surface area (Å²) in [6, 6.07) is 10.7. The van der Waals surface area contributed by atoms with Gasteiger partial charge in [-0.05, 0) is 60.4 Å². The molecule has 7 rings (SSSR count). The van der Waals surface area contributed by atoms with Crippen molar-refractivity contribution in [2.75, 3.05) is 6.54 Å². The Labute approximate surface area is 216 Å². The number of nitrogens with zero attached hydrogens (tertiary/aromatic N) is 2. The summed E-state index contributed by atoms with van der Waals surface area (Å²) in [4.78, 5) is 54.3. The predicted octanol–water partition coefficient (Wildman–Crippen LogP) is 4.94. The molecule has 0 unspecified atom stereocenters. The highest BCUT2D eigenvalue weighted by atomic mass is 35.5. The Hall–Kier alpha value is -2.67. The molecule has 0 aromatic heterocycles. The van der Waals surface area contributed by atoms with E-state index >= 15 is 0 Å². The van der Waals surface area contributed by atoms with Gasteiger partial charge in [-0.25, -0.2) is 5.01 Å². The average molecular weight is 530 g/mol. The van der Waals surface area contributed by atoms with Gasteiger partial charge >= 0.3 is 0 Å². The predicted molar refractivity (Wildman–Crippen MR) is 130 cm³/mol. The van der Waals surface area contributed by atoms with Gasteiger partial charge in [0, 0.05) is 10.6 Å². The van der Waals surface area contributed by atoms with Crippen LogP contribution in [-0.2, 0) is 9.59 Å². The number of halogens is 3.